The van der Waals surface area contributed by atoms with Crippen LogP contribution in [0.5, 0.6) is 17.2 Å². The van der Waals surface area contributed by atoms with Crippen LogP contribution in [0.15, 0.2) is 72.8 Å². The molecule has 27 heavy (non-hydrogen) atoms. The van der Waals surface area contributed by atoms with E-state index in [0.717, 1.165) is 5.56 Å². The molecule has 0 fully saturated rings. The van der Waals surface area contributed by atoms with Gasteiger partial charge in [-0.2, -0.15) is 0 Å². The molecule has 0 saturated carbocycles. The number of fused-ring (bicyclic) bond motifs is 1. The van der Waals surface area contributed by atoms with Gasteiger partial charge in [0.2, 0.25) is 0 Å². The number of anilines is 1. The first-order chi connectivity index (χ1) is 13.1. The number of amides is 1. The van der Waals surface area contributed by atoms with Crippen molar-refractivity contribution in [3.8, 4) is 17.2 Å². The number of benzene rings is 3. The molecule has 1 heterocycles. The van der Waals surface area contributed by atoms with E-state index < -0.39 is 17.8 Å². The Kier molecular flexibility index (Phi) is 4.50. The molecule has 3 aromatic carbocycles. The zero-order chi connectivity index (χ0) is 18.8. The van der Waals surface area contributed by atoms with E-state index in [1.807, 2.05) is 49.4 Å². The molecular weight excluding hydrogens is 345 g/mol. The van der Waals surface area contributed by atoms with Crippen LogP contribution in [0.4, 0.5) is 10.1 Å². The molecular formula is C22H18FNO3. The fourth-order valence-electron chi connectivity index (χ4n) is 3.17. The molecule has 1 N–H and O–H groups in total. The first-order valence-electron chi connectivity index (χ1n) is 8.71. The molecule has 3 aromatic rings. The molecule has 0 radical (unpaired) electrons. The predicted octanol–water partition coefficient (Wildman–Crippen LogP) is 5.12. The Bertz CT molecular complexity index is 974. The molecule has 136 valence electrons. The van der Waals surface area contributed by atoms with Crippen molar-refractivity contribution in [1.29, 1.82) is 0 Å². The minimum Gasteiger partial charge on any atom is -0.480 e. The highest BCUT2D eigenvalue weighted by molar-refractivity contribution is 5.97. The van der Waals surface area contributed by atoms with Gasteiger partial charge in [0.15, 0.2) is 17.7 Å². The maximum atomic E-state index is 14.4. The van der Waals surface area contributed by atoms with E-state index >= 15 is 0 Å². The number of carbonyl (C=O) groups excluding carboxylic acids is 1. The van der Waals surface area contributed by atoms with E-state index in [-0.39, 0.29) is 17.4 Å². The molecule has 4 nitrogen and oxygen atoms in total. The van der Waals surface area contributed by atoms with Gasteiger partial charge in [-0.3, -0.25) is 4.79 Å². The lowest BCUT2D eigenvalue weighted by atomic mass is 9.97. The Balaban J connectivity index is 1.57. The number of nitrogens with one attached hydrogen (secondary N) is 1. The third-order valence-electron chi connectivity index (χ3n) is 4.57. The van der Waals surface area contributed by atoms with Crippen molar-refractivity contribution in [3.63, 3.8) is 0 Å². The standard InChI is InChI=1S/C22H18FNO3/c1-14-16-10-5-6-12-18(16)27-21(14)22(25)24-20-17(23)11-7-13-19(20)26-15-8-3-2-4-9-15/h2-14,21H,1H3,(H,24,25). The average Bonchev–Trinajstić information content (AvgIpc) is 3.02. The lowest BCUT2D eigenvalue weighted by molar-refractivity contribution is -0.122. The maximum Gasteiger partial charge on any atom is 0.266 e. The topological polar surface area (TPSA) is 47.6 Å². The monoisotopic (exact) mass is 363 g/mol. The van der Waals surface area contributed by atoms with Crippen LogP contribution in [0.25, 0.3) is 0 Å². The van der Waals surface area contributed by atoms with Crippen LogP contribution in [0.2, 0.25) is 0 Å². The lowest BCUT2D eigenvalue weighted by Crippen LogP contribution is -2.33. The van der Waals surface area contributed by atoms with Crippen molar-refractivity contribution < 1.29 is 18.7 Å². The van der Waals surface area contributed by atoms with Crippen LogP contribution in [0.1, 0.15) is 18.4 Å². The average molecular weight is 363 g/mol. The van der Waals surface area contributed by atoms with Crippen molar-refractivity contribution in [3.05, 3.63) is 84.2 Å². The molecule has 0 aliphatic carbocycles. The number of carbonyl (C=O) groups is 1. The minimum absolute atomic E-state index is 0.00175. The third-order valence-corrected chi connectivity index (χ3v) is 4.57. The fraction of sp³-hybridized carbons (Fsp3) is 0.136. The van der Waals surface area contributed by atoms with Crippen LogP contribution < -0.4 is 14.8 Å². The molecule has 0 aromatic heterocycles. The summed E-state index contributed by atoms with van der Waals surface area (Å²) in [6.07, 6.45) is -0.730. The number of ether oxygens (including phenoxy) is 2. The number of hydrogen-bond acceptors (Lipinski definition) is 3. The molecule has 1 amide bonds. The van der Waals surface area contributed by atoms with Crippen molar-refractivity contribution >= 4 is 11.6 Å². The summed E-state index contributed by atoms with van der Waals surface area (Å²) in [4.78, 5) is 12.8. The highest BCUT2D eigenvalue weighted by Crippen LogP contribution is 2.39. The summed E-state index contributed by atoms with van der Waals surface area (Å²) in [7, 11) is 0. The summed E-state index contributed by atoms with van der Waals surface area (Å²) in [6, 6.07) is 21.0. The molecule has 5 heteroatoms. The smallest absolute Gasteiger partial charge is 0.266 e. The van der Waals surface area contributed by atoms with Crippen LogP contribution >= 0.6 is 0 Å². The molecule has 0 saturated heterocycles. The van der Waals surface area contributed by atoms with Gasteiger partial charge >= 0.3 is 0 Å². The second kappa shape index (κ2) is 7.11. The third kappa shape index (κ3) is 3.36. The molecule has 1 aliphatic heterocycles. The zero-order valence-corrected chi connectivity index (χ0v) is 14.7. The Morgan fingerprint density at radius 3 is 2.52 bits per heavy atom. The first-order valence-corrected chi connectivity index (χ1v) is 8.71. The van der Waals surface area contributed by atoms with E-state index in [9.17, 15) is 9.18 Å². The Hall–Kier alpha value is -3.34. The zero-order valence-electron chi connectivity index (χ0n) is 14.7. The summed E-state index contributed by atoms with van der Waals surface area (Å²) in [6.45, 7) is 1.92. The van der Waals surface area contributed by atoms with Crippen LogP contribution in [0, 0.1) is 5.82 Å². The van der Waals surface area contributed by atoms with E-state index in [1.165, 1.54) is 12.1 Å². The van der Waals surface area contributed by atoms with Crippen LogP contribution in [0.3, 0.4) is 0 Å². The number of para-hydroxylation sites is 3. The molecule has 2 unspecified atom stereocenters. The van der Waals surface area contributed by atoms with E-state index in [4.69, 9.17) is 9.47 Å². The van der Waals surface area contributed by atoms with Gasteiger partial charge in [0.05, 0.1) is 0 Å². The number of halogens is 1. The van der Waals surface area contributed by atoms with Gasteiger partial charge < -0.3 is 14.8 Å². The summed E-state index contributed by atoms with van der Waals surface area (Å²) in [5, 5.41) is 2.64. The van der Waals surface area contributed by atoms with Gasteiger partial charge in [-0.15, -0.1) is 0 Å². The first kappa shape index (κ1) is 17.1. The molecule has 0 spiro atoms. The fourth-order valence-corrected chi connectivity index (χ4v) is 3.17. The number of rotatable bonds is 4. The minimum atomic E-state index is -0.730. The number of hydrogen-bond donors (Lipinski definition) is 1. The van der Waals surface area contributed by atoms with Crippen LogP contribution in [-0.4, -0.2) is 12.0 Å². The normalized spacial score (nSPS) is 17.7. The van der Waals surface area contributed by atoms with Crippen molar-refractivity contribution in [2.75, 3.05) is 5.32 Å². The van der Waals surface area contributed by atoms with Crippen molar-refractivity contribution in [2.24, 2.45) is 0 Å². The van der Waals surface area contributed by atoms with Gasteiger partial charge in [-0.05, 0) is 30.3 Å². The maximum absolute atomic E-state index is 14.4. The van der Waals surface area contributed by atoms with E-state index in [1.54, 1.807) is 18.2 Å². The summed E-state index contributed by atoms with van der Waals surface area (Å²) in [5.41, 5.74) is 0.963. The van der Waals surface area contributed by atoms with Gasteiger partial charge in [0, 0.05) is 11.5 Å². The summed E-state index contributed by atoms with van der Waals surface area (Å²) < 4.78 is 25.9. The highest BCUT2D eigenvalue weighted by atomic mass is 19.1. The molecule has 4 rings (SSSR count). The SMILES string of the molecule is CC1c2ccccc2OC1C(=O)Nc1c(F)cccc1Oc1ccccc1. The molecule has 0 bridgehead atoms. The highest BCUT2D eigenvalue weighted by Gasteiger charge is 2.36. The van der Waals surface area contributed by atoms with Gasteiger partial charge in [-0.1, -0.05) is 49.4 Å². The Labute approximate surface area is 156 Å². The second-order valence-corrected chi connectivity index (χ2v) is 6.38. The molecule has 1 aliphatic rings. The van der Waals surface area contributed by atoms with Gasteiger partial charge in [0.1, 0.15) is 17.2 Å². The largest absolute Gasteiger partial charge is 0.480 e. The summed E-state index contributed by atoms with van der Waals surface area (Å²) in [5.74, 6) is 0.349. The van der Waals surface area contributed by atoms with Gasteiger partial charge in [0.25, 0.3) is 5.91 Å². The lowest BCUT2D eigenvalue weighted by Gasteiger charge is -2.17. The van der Waals surface area contributed by atoms with E-state index in [0.29, 0.717) is 11.5 Å². The Morgan fingerprint density at radius 1 is 1.00 bits per heavy atom. The van der Waals surface area contributed by atoms with Gasteiger partial charge in [-0.25, -0.2) is 4.39 Å². The predicted molar refractivity (Wildman–Crippen MR) is 101 cm³/mol. The van der Waals surface area contributed by atoms with Crippen LogP contribution in [-0.2, 0) is 4.79 Å². The van der Waals surface area contributed by atoms with Crippen molar-refractivity contribution in [1.82, 2.24) is 0 Å². The van der Waals surface area contributed by atoms with Crippen molar-refractivity contribution in [2.45, 2.75) is 18.9 Å². The van der Waals surface area contributed by atoms with E-state index in [2.05, 4.69) is 5.32 Å². The Morgan fingerprint density at radius 2 is 1.74 bits per heavy atom. The summed E-state index contributed by atoms with van der Waals surface area (Å²) >= 11 is 0. The molecule has 2 atom stereocenters. The second-order valence-electron chi connectivity index (χ2n) is 6.38. The quantitative estimate of drug-likeness (QED) is 0.700.